The van der Waals surface area contributed by atoms with E-state index in [4.69, 9.17) is 22.5 Å². The summed E-state index contributed by atoms with van der Waals surface area (Å²) in [5.41, 5.74) is 5.91. The van der Waals surface area contributed by atoms with Crippen molar-refractivity contribution in [3.05, 3.63) is 23.2 Å². The van der Waals surface area contributed by atoms with Crippen LogP contribution in [0.3, 0.4) is 0 Å². The highest BCUT2D eigenvalue weighted by Crippen LogP contribution is 2.25. The number of carbonyl (C=O) groups is 1. The van der Waals surface area contributed by atoms with Gasteiger partial charge in [-0.2, -0.15) is 0 Å². The number of nitrogens with one attached hydrogen (secondary N) is 1. The molecule has 0 aliphatic carbocycles. The number of nitrogens with two attached hydrogens (primary N) is 2. The second-order valence-electron chi connectivity index (χ2n) is 4.91. The van der Waals surface area contributed by atoms with E-state index in [1.165, 1.54) is 18.2 Å². The molecule has 0 unspecified atom stereocenters. The normalized spacial score (nSPS) is 13.3. The Balaban J connectivity index is 2.95. The lowest BCUT2D eigenvalue weighted by molar-refractivity contribution is -0.117. The van der Waals surface area contributed by atoms with Crippen molar-refractivity contribution in [1.82, 2.24) is 0 Å². The van der Waals surface area contributed by atoms with Crippen LogP contribution in [-0.2, 0) is 14.8 Å². The third-order valence-electron chi connectivity index (χ3n) is 2.59. The molecule has 0 aliphatic rings. The first-order chi connectivity index (χ1) is 9.11. The number of carbonyl (C=O) groups excluding carboxylic acids is 1. The summed E-state index contributed by atoms with van der Waals surface area (Å²) in [5, 5.41) is 7.75. The van der Waals surface area contributed by atoms with Crippen LogP contribution in [-0.4, -0.2) is 20.4 Å². The minimum absolute atomic E-state index is 0.130. The minimum atomic E-state index is -3.86. The van der Waals surface area contributed by atoms with Gasteiger partial charge in [0.15, 0.2) is 0 Å². The number of amides is 1. The predicted molar refractivity (Wildman–Crippen MR) is 78.9 cm³/mol. The van der Waals surface area contributed by atoms with Crippen molar-refractivity contribution in [2.75, 3.05) is 5.32 Å². The Morgan fingerprint density at radius 1 is 1.40 bits per heavy atom. The van der Waals surface area contributed by atoms with Crippen molar-refractivity contribution in [1.29, 1.82) is 0 Å². The van der Waals surface area contributed by atoms with Crippen molar-refractivity contribution in [3.63, 3.8) is 0 Å². The Kier molecular flexibility index (Phi) is 5.52. The van der Waals surface area contributed by atoms with Crippen LogP contribution in [0.15, 0.2) is 23.1 Å². The number of hydrogen-bond donors (Lipinski definition) is 3. The van der Waals surface area contributed by atoms with Gasteiger partial charge in [0.05, 0.1) is 21.6 Å². The third-order valence-corrected chi connectivity index (χ3v) is 3.83. The van der Waals surface area contributed by atoms with Crippen LogP contribution < -0.4 is 16.2 Å². The zero-order valence-electron chi connectivity index (χ0n) is 11.3. The molecule has 6 nitrogen and oxygen atoms in total. The molecule has 1 aromatic carbocycles. The second-order valence-corrected chi connectivity index (χ2v) is 6.88. The van der Waals surface area contributed by atoms with Gasteiger partial charge < -0.3 is 11.1 Å². The number of rotatable bonds is 5. The molecule has 1 aromatic rings. The Morgan fingerprint density at radius 3 is 2.50 bits per heavy atom. The number of hydrogen-bond acceptors (Lipinski definition) is 4. The van der Waals surface area contributed by atoms with E-state index in [2.05, 4.69) is 5.32 Å². The summed E-state index contributed by atoms with van der Waals surface area (Å²) in [6.07, 6.45) is 0.512. The monoisotopic (exact) mass is 319 g/mol. The third kappa shape index (κ3) is 4.75. The van der Waals surface area contributed by atoms with Crippen molar-refractivity contribution < 1.29 is 13.2 Å². The van der Waals surface area contributed by atoms with Gasteiger partial charge >= 0.3 is 0 Å². The van der Waals surface area contributed by atoms with Crippen LogP contribution in [0.2, 0.25) is 5.02 Å². The summed E-state index contributed by atoms with van der Waals surface area (Å²) in [6, 6.07) is 3.13. The summed E-state index contributed by atoms with van der Waals surface area (Å²) in [5.74, 6) is -0.158. The second kappa shape index (κ2) is 6.53. The first-order valence-corrected chi connectivity index (χ1v) is 7.92. The van der Waals surface area contributed by atoms with E-state index in [0.29, 0.717) is 6.42 Å². The van der Waals surface area contributed by atoms with E-state index in [1.807, 2.05) is 13.8 Å². The van der Waals surface area contributed by atoms with Gasteiger partial charge in [0.1, 0.15) is 0 Å². The SMILES string of the molecule is CC(C)C[C@H](N)C(=O)Nc1cc(S(N)(=O)=O)ccc1Cl. The van der Waals surface area contributed by atoms with Gasteiger partial charge in [-0.15, -0.1) is 0 Å². The van der Waals surface area contributed by atoms with Crippen LogP contribution in [0.25, 0.3) is 0 Å². The molecular formula is C12H18ClN3O3S. The molecule has 0 aromatic heterocycles. The van der Waals surface area contributed by atoms with Crippen LogP contribution >= 0.6 is 11.6 Å². The molecule has 20 heavy (non-hydrogen) atoms. The number of primary sulfonamides is 1. The molecule has 0 bridgehead atoms. The molecule has 1 amide bonds. The van der Waals surface area contributed by atoms with Gasteiger partial charge in [-0.25, -0.2) is 13.6 Å². The maximum absolute atomic E-state index is 11.9. The molecule has 0 radical (unpaired) electrons. The summed E-state index contributed by atoms with van der Waals surface area (Å²) in [4.78, 5) is 11.8. The van der Waals surface area contributed by atoms with E-state index in [9.17, 15) is 13.2 Å². The molecule has 8 heteroatoms. The van der Waals surface area contributed by atoms with Gasteiger partial charge in [0, 0.05) is 0 Å². The number of benzene rings is 1. The number of sulfonamides is 1. The molecule has 5 N–H and O–H groups in total. The van der Waals surface area contributed by atoms with E-state index in [-0.39, 0.29) is 21.5 Å². The van der Waals surface area contributed by atoms with Crippen LogP contribution in [0.4, 0.5) is 5.69 Å². The zero-order valence-corrected chi connectivity index (χ0v) is 12.8. The molecule has 0 spiro atoms. The van der Waals surface area contributed by atoms with Gasteiger partial charge in [-0.3, -0.25) is 4.79 Å². The highest BCUT2D eigenvalue weighted by Gasteiger charge is 2.17. The average molecular weight is 320 g/mol. The number of halogens is 1. The molecule has 0 saturated carbocycles. The molecule has 0 saturated heterocycles. The van der Waals surface area contributed by atoms with Crippen LogP contribution in [0, 0.1) is 5.92 Å². The van der Waals surface area contributed by atoms with Crippen molar-refractivity contribution >= 4 is 33.2 Å². The summed E-state index contributed by atoms with van der Waals surface area (Å²) in [7, 11) is -3.86. The maximum atomic E-state index is 11.9. The lowest BCUT2D eigenvalue weighted by Gasteiger charge is -2.15. The topological polar surface area (TPSA) is 115 Å². The zero-order chi connectivity index (χ0) is 15.5. The molecule has 1 atom stereocenters. The lowest BCUT2D eigenvalue weighted by atomic mass is 10.0. The van der Waals surface area contributed by atoms with Gasteiger partial charge in [0.25, 0.3) is 0 Å². The van der Waals surface area contributed by atoms with Crippen molar-refractivity contribution in [2.24, 2.45) is 16.8 Å². The Labute approximate surface area is 123 Å². The van der Waals surface area contributed by atoms with E-state index >= 15 is 0 Å². The van der Waals surface area contributed by atoms with Gasteiger partial charge in [0.2, 0.25) is 15.9 Å². The Hall–Kier alpha value is -1.15. The maximum Gasteiger partial charge on any atom is 0.241 e. The predicted octanol–water partition coefficient (Wildman–Crippen LogP) is 1.30. The molecule has 0 heterocycles. The summed E-state index contributed by atoms with van der Waals surface area (Å²) < 4.78 is 22.5. The molecule has 1 rings (SSSR count). The van der Waals surface area contributed by atoms with Gasteiger partial charge in [-0.1, -0.05) is 25.4 Å². The van der Waals surface area contributed by atoms with Crippen LogP contribution in [0.5, 0.6) is 0 Å². The van der Waals surface area contributed by atoms with E-state index in [1.54, 1.807) is 0 Å². The summed E-state index contributed by atoms with van der Waals surface area (Å²) >= 11 is 5.91. The fraction of sp³-hybridized carbons (Fsp3) is 0.417. The van der Waals surface area contributed by atoms with Gasteiger partial charge in [-0.05, 0) is 30.5 Å². The van der Waals surface area contributed by atoms with E-state index in [0.717, 1.165) is 0 Å². The first kappa shape index (κ1) is 16.9. The van der Waals surface area contributed by atoms with E-state index < -0.39 is 22.0 Å². The smallest absolute Gasteiger partial charge is 0.241 e. The van der Waals surface area contributed by atoms with Crippen molar-refractivity contribution in [2.45, 2.75) is 31.2 Å². The average Bonchev–Trinajstić information content (AvgIpc) is 2.29. The highest BCUT2D eigenvalue weighted by atomic mass is 35.5. The first-order valence-electron chi connectivity index (χ1n) is 6.00. The quantitative estimate of drug-likeness (QED) is 0.758. The minimum Gasteiger partial charge on any atom is -0.323 e. The molecule has 0 aliphatic heterocycles. The largest absolute Gasteiger partial charge is 0.323 e. The summed E-state index contributed by atoms with van der Waals surface area (Å²) in [6.45, 7) is 3.89. The highest BCUT2D eigenvalue weighted by molar-refractivity contribution is 7.89. The molecular weight excluding hydrogens is 302 g/mol. The fourth-order valence-corrected chi connectivity index (χ4v) is 2.32. The standard InChI is InChI=1S/C12H18ClN3O3S/c1-7(2)5-10(14)12(17)16-11-6-8(20(15,18)19)3-4-9(11)13/h3-4,6-7,10H,5,14H2,1-2H3,(H,16,17)(H2,15,18,19)/t10-/m0/s1. The molecule has 0 fully saturated rings. The molecule has 112 valence electrons. The van der Waals surface area contributed by atoms with Crippen molar-refractivity contribution in [3.8, 4) is 0 Å². The fourth-order valence-electron chi connectivity index (χ4n) is 1.62. The number of anilines is 1. The lowest BCUT2D eigenvalue weighted by Crippen LogP contribution is -2.36. The Morgan fingerprint density at radius 2 is 2.00 bits per heavy atom. The Bertz CT molecular complexity index is 602. The van der Waals surface area contributed by atoms with Crippen LogP contribution in [0.1, 0.15) is 20.3 Å².